The number of benzene rings is 2. The molecule has 0 spiro atoms. The Labute approximate surface area is 203 Å². The second kappa shape index (κ2) is 10.5. The van der Waals surface area contributed by atoms with Crippen LogP contribution in [0.5, 0.6) is 0 Å². The maximum atomic E-state index is 12.8. The zero-order valence-corrected chi connectivity index (χ0v) is 21.3. The monoisotopic (exact) mass is 484 g/mol. The number of sulfonamides is 1. The highest BCUT2D eigenvalue weighted by Gasteiger charge is 2.30. The first kappa shape index (κ1) is 24.7. The van der Waals surface area contributed by atoms with Crippen LogP contribution >= 0.6 is 0 Å². The van der Waals surface area contributed by atoms with Crippen LogP contribution in [0.2, 0.25) is 0 Å². The summed E-state index contributed by atoms with van der Waals surface area (Å²) in [7, 11) is -3.56. The number of anilines is 2. The van der Waals surface area contributed by atoms with E-state index in [-0.39, 0.29) is 16.8 Å². The minimum absolute atomic E-state index is 0.0171. The minimum atomic E-state index is -3.56. The zero-order valence-electron chi connectivity index (χ0n) is 20.5. The summed E-state index contributed by atoms with van der Waals surface area (Å²) in [5.41, 5.74) is 4.32. The van der Waals surface area contributed by atoms with E-state index in [9.17, 15) is 13.2 Å². The van der Waals surface area contributed by atoms with Gasteiger partial charge in [0.2, 0.25) is 15.9 Å². The molecule has 1 unspecified atom stereocenters. The molecule has 0 aliphatic carbocycles. The molecule has 2 aromatic rings. The molecule has 0 saturated carbocycles. The molecule has 1 fully saturated rings. The number of aryl methyl sites for hydroxylation is 1. The van der Waals surface area contributed by atoms with Gasteiger partial charge in [0.05, 0.1) is 4.90 Å². The highest BCUT2D eigenvalue weighted by molar-refractivity contribution is 7.89. The molecular weight excluding hydrogens is 448 g/mol. The smallest absolute Gasteiger partial charge is 0.240 e. The molecular formula is C26H36N4O3S. The van der Waals surface area contributed by atoms with Crippen LogP contribution < -0.4 is 14.5 Å². The molecule has 1 saturated heterocycles. The summed E-state index contributed by atoms with van der Waals surface area (Å²) >= 11 is 0. The van der Waals surface area contributed by atoms with E-state index < -0.39 is 10.0 Å². The van der Waals surface area contributed by atoms with Gasteiger partial charge in [-0.3, -0.25) is 9.69 Å². The largest absolute Gasteiger partial charge is 0.369 e. The summed E-state index contributed by atoms with van der Waals surface area (Å²) in [5, 5.41) is 0. The van der Waals surface area contributed by atoms with Gasteiger partial charge in [-0.15, -0.1) is 0 Å². The van der Waals surface area contributed by atoms with Crippen molar-refractivity contribution in [3.05, 3.63) is 53.6 Å². The molecule has 0 bridgehead atoms. The minimum Gasteiger partial charge on any atom is -0.369 e. The Bertz CT molecular complexity index is 1130. The number of nitrogens with zero attached hydrogens (tertiary/aromatic N) is 3. The Kier molecular flexibility index (Phi) is 7.60. The fourth-order valence-corrected chi connectivity index (χ4v) is 6.18. The Morgan fingerprint density at radius 3 is 2.53 bits per heavy atom. The lowest BCUT2D eigenvalue weighted by atomic mass is 10.1. The fourth-order valence-electron chi connectivity index (χ4n) is 5.06. The molecule has 7 nitrogen and oxygen atoms in total. The van der Waals surface area contributed by atoms with Gasteiger partial charge >= 0.3 is 0 Å². The molecule has 1 N–H and O–H groups in total. The van der Waals surface area contributed by atoms with E-state index in [1.165, 1.54) is 11.3 Å². The summed E-state index contributed by atoms with van der Waals surface area (Å²) in [5.74, 6) is -0.0171. The molecule has 0 radical (unpaired) electrons. The second-order valence-corrected chi connectivity index (χ2v) is 11.3. The van der Waals surface area contributed by atoms with Gasteiger partial charge in [-0.05, 0) is 81.1 Å². The molecule has 2 aliphatic heterocycles. The predicted molar refractivity (Wildman–Crippen MR) is 137 cm³/mol. The van der Waals surface area contributed by atoms with Crippen molar-refractivity contribution in [3.63, 3.8) is 0 Å². The number of hydrogen-bond acceptors (Lipinski definition) is 5. The lowest BCUT2D eigenvalue weighted by molar-refractivity contribution is -0.116. The molecule has 1 atom stereocenters. The summed E-state index contributed by atoms with van der Waals surface area (Å²) < 4.78 is 28.3. The zero-order chi connectivity index (χ0) is 24.3. The van der Waals surface area contributed by atoms with Gasteiger partial charge in [0.15, 0.2) is 0 Å². The number of rotatable bonds is 8. The van der Waals surface area contributed by atoms with Crippen LogP contribution in [-0.2, 0) is 21.2 Å². The molecule has 2 heterocycles. The first-order valence-corrected chi connectivity index (χ1v) is 13.7. The summed E-state index contributed by atoms with van der Waals surface area (Å²) in [6.45, 7) is 11.2. The first-order chi connectivity index (χ1) is 16.2. The van der Waals surface area contributed by atoms with Crippen molar-refractivity contribution in [1.29, 1.82) is 0 Å². The second-order valence-electron chi connectivity index (χ2n) is 9.51. The van der Waals surface area contributed by atoms with Crippen LogP contribution in [0, 0.1) is 6.92 Å². The molecule has 2 aromatic carbocycles. The van der Waals surface area contributed by atoms with Gasteiger partial charge in [0.25, 0.3) is 0 Å². The highest BCUT2D eigenvalue weighted by atomic mass is 32.2. The van der Waals surface area contributed by atoms with E-state index in [2.05, 4.69) is 45.7 Å². The van der Waals surface area contributed by atoms with Crippen LogP contribution in [0.15, 0.2) is 47.4 Å². The topological polar surface area (TPSA) is 73.0 Å². The van der Waals surface area contributed by atoms with Crippen molar-refractivity contribution in [1.82, 2.24) is 9.62 Å². The van der Waals surface area contributed by atoms with Crippen LogP contribution in [0.3, 0.4) is 0 Å². The maximum Gasteiger partial charge on any atom is 0.240 e. The van der Waals surface area contributed by atoms with E-state index in [1.54, 1.807) is 30.0 Å². The number of nitrogens with one attached hydrogen (secondary N) is 1. The molecule has 4 rings (SSSR count). The van der Waals surface area contributed by atoms with Gasteiger partial charge in [0.1, 0.15) is 0 Å². The summed E-state index contributed by atoms with van der Waals surface area (Å²) in [6.07, 6.45) is 2.44. The third-order valence-electron chi connectivity index (χ3n) is 6.85. The third kappa shape index (κ3) is 5.62. The number of amides is 1. The van der Waals surface area contributed by atoms with E-state index in [4.69, 9.17) is 0 Å². The van der Waals surface area contributed by atoms with Crippen LogP contribution in [0.4, 0.5) is 11.4 Å². The maximum absolute atomic E-state index is 12.8. The fraction of sp³-hybridized carbons (Fsp3) is 0.500. The first-order valence-electron chi connectivity index (χ1n) is 12.2. The van der Waals surface area contributed by atoms with Crippen LogP contribution in [-0.4, -0.2) is 64.5 Å². The predicted octanol–water partition coefficient (Wildman–Crippen LogP) is 3.17. The van der Waals surface area contributed by atoms with Crippen molar-refractivity contribution in [3.8, 4) is 0 Å². The SMILES string of the molecule is CC(=O)N1c2ccc(S(=O)(=O)NCCCCN3CCN(c4cccc(C)c4)CC3)cc2CC1C. The number of unbranched alkanes of at least 4 members (excludes halogenated alkanes) is 1. The van der Waals surface area contributed by atoms with Crippen molar-refractivity contribution in [2.45, 2.75) is 51.0 Å². The normalized spacial score (nSPS) is 18.9. The Hall–Kier alpha value is -2.42. The number of hydrogen-bond donors (Lipinski definition) is 1. The van der Waals surface area contributed by atoms with Gasteiger partial charge < -0.3 is 9.80 Å². The molecule has 34 heavy (non-hydrogen) atoms. The van der Waals surface area contributed by atoms with E-state index in [1.807, 2.05) is 6.92 Å². The van der Waals surface area contributed by atoms with E-state index in [0.29, 0.717) is 13.0 Å². The van der Waals surface area contributed by atoms with Gasteiger partial charge in [0, 0.05) is 57.1 Å². The standard InChI is InChI=1S/C26H36N4O3S/c1-20-7-6-8-24(17-20)29-15-13-28(14-16-29)12-5-4-11-27-34(32,33)25-9-10-26-23(19-25)18-21(2)30(26)22(3)31/h6-10,17,19,21,27H,4-5,11-16,18H2,1-3H3. The molecule has 184 valence electrons. The van der Waals surface area contributed by atoms with Gasteiger partial charge in [-0.1, -0.05) is 12.1 Å². The average molecular weight is 485 g/mol. The van der Waals surface area contributed by atoms with Gasteiger partial charge in [-0.2, -0.15) is 0 Å². The quantitative estimate of drug-likeness (QED) is 0.583. The Morgan fingerprint density at radius 2 is 1.82 bits per heavy atom. The van der Waals surface area contributed by atoms with Crippen LogP contribution in [0.25, 0.3) is 0 Å². The molecule has 0 aromatic heterocycles. The van der Waals surface area contributed by atoms with Crippen molar-refractivity contribution in [2.75, 3.05) is 49.1 Å². The molecule has 2 aliphatic rings. The Balaban J connectivity index is 1.20. The van der Waals surface area contributed by atoms with E-state index >= 15 is 0 Å². The lowest BCUT2D eigenvalue weighted by Gasteiger charge is -2.36. The number of carbonyl (C=O) groups excluding carboxylic acids is 1. The van der Waals surface area contributed by atoms with Crippen molar-refractivity contribution >= 4 is 27.3 Å². The summed E-state index contributed by atoms with van der Waals surface area (Å²) in [4.78, 5) is 18.8. The van der Waals surface area contributed by atoms with E-state index in [0.717, 1.165) is 56.8 Å². The third-order valence-corrected chi connectivity index (χ3v) is 8.31. The Morgan fingerprint density at radius 1 is 1.06 bits per heavy atom. The number of fused-ring (bicyclic) bond motifs is 1. The highest BCUT2D eigenvalue weighted by Crippen LogP contribution is 2.33. The van der Waals surface area contributed by atoms with Crippen molar-refractivity contribution < 1.29 is 13.2 Å². The lowest BCUT2D eigenvalue weighted by Crippen LogP contribution is -2.46. The number of piperazine rings is 1. The van der Waals surface area contributed by atoms with Crippen LogP contribution in [0.1, 0.15) is 37.8 Å². The van der Waals surface area contributed by atoms with Crippen molar-refractivity contribution in [2.24, 2.45) is 0 Å². The molecule has 1 amide bonds. The summed E-state index contributed by atoms with van der Waals surface area (Å²) in [6, 6.07) is 13.8. The number of carbonyl (C=O) groups is 1. The average Bonchev–Trinajstić information content (AvgIpc) is 3.14. The van der Waals surface area contributed by atoms with Gasteiger partial charge in [-0.25, -0.2) is 13.1 Å². The molecule has 8 heteroatoms.